The van der Waals surface area contributed by atoms with Gasteiger partial charge in [0.25, 0.3) is 0 Å². The summed E-state index contributed by atoms with van der Waals surface area (Å²) in [6.07, 6.45) is 7.54. The smallest absolute Gasteiger partial charge is 0.224 e. The molecule has 0 saturated carbocycles. The summed E-state index contributed by atoms with van der Waals surface area (Å²) < 4.78 is 7.17. The number of ether oxygens (including phenoxy) is 1. The number of benzene rings is 2. The van der Waals surface area contributed by atoms with E-state index in [9.17, 15) is 4.79 Å². The van der Waals surface area contributed by atoms with Gasteiger partial charge in [0.15, 0.2) is 5.82 Å². The van der Waals surface area contributed by atoms with E-state index in [4.69, 9.17) is 9.72 Å². The Morgan fingerprint density at radius 3 is 2.67 bits per heavy atom. The zero-order valence-corrected chi connectivity index (χ0v) is 16.9. The molecule has 4 aromatic rings. The van der Waals surface area contributed by atoms with E-state index in [2.05, 4.69) is 11.1 Å². The van der Waals surface area contributed by atoms with Crippen molar-refractivity contribution >= 4 is 22.2 Å². The van der Waals surface area contributed by atoms with Crippen LogP contribution in [0.1, 0.15) is 30.4 Å². The topological polar surface area (TPSA) is 56.5 Å². The zero-order chi connectivity index (χ0) is 20.7. The van der Waals surface area contributed by atoms with Gasteiger partial charge in [0.05, 0.1) is 24.3 Å². The third-order valence-corrected chi connectivity index (χ3v) is 5.50. The molecule has 0 unspecified atom stereocenters. The normalized spacial score (nSPS) is 13.9. The van der Waals surface area contributed by atoms with Gasteiger partial charge in [-0.05, 0) is 50.1 Å². The van der Waals surface area contributed by atoms with Crippen molar-refractivity contribution in [3.05, 3.63) is 83.9 Å². The van der Waals surface area contributed by atoms with Crippen LogP contribution in [-0.4, -0.2) is 27.3 Å². The van der Waals surface area contributed by atoms with Gasteiger partial charge in [0, 0.05) is 16.5 Å². The van der Waals surface area contributed by atoms with E-state index in [0.29, 0.717) is 11.6 Å². The first-order valence-electron chi connectivity index (χ1n) is 9.98. The molecule has 0 radical (unpaired) electrons. The van der Waals surface area contributed by atoms with Crippen LogP contribution in [0.15, 0.2) is 78.0 Å². The molecule has 5 nitrogen and oxygen atoms in total. The summed E-state index contributed by atoms with van der Waals surface area (Å²) in [6.45, 7) is 2.02. The van der Waals surface area contributed by atoms with E-state index in [1.165, 1.54) is 0 Å². The van der Waals surface area contributed by atoms with E-state index in [1.807, 2.05) is 72.1 Å². The van der Waals surface area contributed by atoms with Gasteiger partial charge >= 0.3 is 0 Å². The van der Waals surface area contributed by atoms with E-state index in [-0.39, 0.29) is 5.78 Å². The van der Waals surface area contributed by atoms with Gasteiger partial charge in [-0.2, -0.15) is 0 Å². The molecule has 148 valence electrons. The second-order valence-electron chi connectivity index (χ2n) is 7.47. The summed E-state index contributed by atoms with van der Waals surface area (Å²) in [6, 6.07) is 15.5. The highest BCUT2D eigenvalue weighted by molar-refractivity contribution is 6.09. The number of rotatable bonds is 4. The van der Waals surface area contributed by atoms with Crippen molar-refractivity contribution in [3.63, 3.8) is 0 Å². The lowest BCUT2D eigenvalue weighted by Crippen LogP contribution is -2.14. The minimum atomic E-state index is -0.0500. The summed E-state index contributed by atoms with van der Waals surface area (Å²) >= 11 is 0. The minimum Gasteiger partial charge on any atom is -0.497 e. The molecule has 2 aromatic heterocycles. The monoisotopic (exact) mass is 395 g/mol. The van der Waals surface area contributed by atoms with Crippen molar-refractivity contribution in [2.45, 2.75) is 19.8 Å². The first-order chi connectivity index (χ1) is 14.7. The van der Waals surface area contributed by atoms with Gasteiger partial charge in [-0.3, -0.25) is 9.20 Å². The Bertz CT molecular complexity index is 1340. The molecule has 30 heavy (non-hydrogen) atoms. The number of imidazole rings is 1. The molecule has 0 aliphatic heterocycles. The van der Waals surface area contributed by atoms with Gasteiger partial charge in [0.1, 0.15) is 11.6 Å². The van der Waals surface area contributed by atoms with Crippen LogP contribution in [-0.2, 0) is 0 Å². The largest absolute Gasteiger partial charge is 0.497 e. The van der Waals surface area contributed by atoms with Gasteiger partial charge in [0.2, 0.25) is 5.78 Å². The molecule has 1 aliphatic rings. The molecule has 0 N–H and O–H groups in total. The number of aromatic nitrogens is 3. The Hall–Kier alpha value is -3.73. The van der Waals surface area contributed by atoms with Crippen molar-refractivity contribution in [1.29, 1.82) is 0 Å². The standard InChI is InChI=1S/C25H21N3O2/c1-16-6-5-7-18(14-16)23(29)25-27-21-9-4-3-8-20(21)22-15-26-24(28(22)25)17-10-12-19(30-2)13-11-17/h3-4,6,8-15H,5,7H2,1-2H3. The van der Waals surface area contributed by atoms with Crippen LogP contribution in [0.5, 0.6) is 5.75 Å². The molecule has 0 fully saturated rings. The predicted octanol–water partition coefficient (Wildman–Crippen LogP) is 5.41. The van der Waals surface area contributed by atoms with Crippen LogP contribution >= 0.6 is 0 Å². The first-order valence-corrected chi connectivity index (χ1v) is 9.98. The minimum absolute atomic E-state index is 0.0500. The van der Waals surface area contributed by atoms with E-state index in [1.54, 1.807) is 7.11 Å². The molecule has 2 heterocycles. The molecule has 0 spiro atoms. The third kappa shape index (κ3) is 2.99. The summed E-state index contributed by atoms with van der Waals surface area (Å²) in [7, 11) is 1.64. The molecule has 0 bridgehead atoms. The predicted molar refractivity (Wildman–Crippen MR) is 118 cm³/mol. The van der Waals surface area contributed by atoms with Crippen molar-refractivity contribution in [3.8, 4) is 17.1 Å². The maximum Gasteiger partial charge on any atom is 0.224 e. The number of carbonyl (C=O) groups is 1. The molecular weight excluding hydrogens is 374 g/mol. The van der Waals surface area contributed by atoms with Crippen LogP contribution in [0.3, 0.4) is 0 Å². The Labute approximate surface area is 174 Å². The lowest BCUT2D eigenvalue weighted by atomic mass is 9.96. The van der Waals surface area contributed by atoms with Gasteiger partial charge in [-0.25, -0.2) is 9.97 Å². The number of hydrogen-bond donors (Lipinski definition) is 0. The highest BCUT2D eigenvalue weighted by Gasteiger charge is 2.23. The van der Waals surface area contributed by atoms with Crippen LogP contribution in [0.25, 0.3) is 27.8 Å². The molecule has 5 heteroatoms. The van der Waals surface area contributed by atoms with Crippen molar-refractivity contribution in [2.24, 2.45) is 0 Å². The molecule has 0 amide bonds. The number of methoxy groups -OCH3 is 1. The number of hydrogen-bond acceptors (Lipinski definition) is 4. The molecular formula is C25H21N3O2. The number of fused-ring (bicyclic) bond motifs is 3. The SMILES string of the molecule is COc1ccc(-c2ncc3c4ccccc4nc(C(=O)C4=CC(C)=CCC4)n23)cc1. The van der Waals surface area contributed by atoms with Crippen molar-refractivity contribution in [2.75, 3.05) is 7.11 Å². The number of Topliss-reactive ketones (excluding diaryl/α,β-unsaturated/α-hetero) is 1. The van der Waals surface area contributed by atoms with Crippen LogP contribution in [0.2, 0.25) is 0 Å². The second kappa shape index (κ2) is 7.26. The molecule has 0 atom stereocenters. The number of ketones is 1. The van der Waals surface area contributed by atoms with Crippen LogP contribution in [0.4, 0.5) is 0 Å². The van der Waals surface area contributed by atoms with Crippen molar-refractivity contribution in [1.82, 2.24) is 14.4 Å². The molecule has 2 aromatic carbocycles. The number of nitrogens with zero attached hydrogens (tertiary/aromatic N) is 3. The summed E-state index contributed by atoms with van der Waals surface area (Å²) in [4.78, 5) is 23.0. The van der Waals surface area contributed by atoms with Crippen molar-refractivity contribution < 1.29 is 9.53 Å². The van der Waals surface area contributed by atoms with Gasteiger partial charge in [-0.1, -0.05) is 35.9 Å². The third-order valence-electron chi connectivity index (χ3n) is 5.50. The number of allylic oxidation sites excluding steroid dienone is 4. The Morgan fingerprint density at radius 1 is 1.10 bits per heavy atom. The highest BCUT2D eigenvalue weighted by Crippen LogP contribution is 2.29. The molecule has 0 saturated heterocycles. The quantitative estimate of drug-likeness (QED) is 0.434. The fourth-order valence-corrected chi connectivity index (χ4v) is 3.99. The number of carbonyl (C=O) groups excluding carboxylic acids is 1. The second-order valence-corrected chi connectivity index (χ2v) is 7.47. The Balaban J connectivity index is 1.78. The van der Waals surface area contributed by atoms with Crippen LogP contribution in [0, 0.1) is 0 Å². The fraction of sp³-hybridized carbons (Fsp3) is 0.160. The zero-order valence-electron chi connectivity index (χ0n) is 16.9. The Morgan fingerprint density at radius 2 is 1.90 bits per heavy atom. The van der Waals surface area contributed by atoms with E-state index in [0.717, 1.165) is 51.7 Å². The average molecular weight is 395 g/mol. The summed E-state index contributed by atoms with van der Waals surface area (Å²) in [5.74, 6) is 1.81. The summed E-state index contributed by atoms with van der Waals surface area (Å²) in [5, 5.41) is 0.968. The lowest BCUT2D eigenvalue weighted by Gasteiger charge is -2.14. The van der Waals surface area contributed by atoms with Gasteiger partial charge < -0.3 is 4.74 Å². The fourth-order valence-electron chi connectivity index (χ4n) is 3.99. The lowest BCUT2D eigenvalue weighted by molar-refractivity contribution is 0.102. The van der Waals surface area contributed by atoms with Gasteiger partial charge in [-0.15, -0.1) is 0 Å². The first kappa shape index (κ1) is 18.3. The maximum absolute atomic E-state index is 13.6. The summed E-state index contributed by atoms with van der Waals surface area (Å²) in [5.41, 5.74) is 4.46. The molecule has 5 rings (SSSR count). The van der Waals surface area contributed by atoms with E-state index < -0.39 is 0 Å². The highest BCUT2D eigenvalue weighted by atomic mass is 16.5. The van der Waals surface area contributed by atoms with E-state index >= 15 is 0 Å². The van der Waals surface area contributed by atoms with Crippen LogP contribution < -0.4 is 4.74 Å². The Kier molecular flexibility index (Phi) is 4.43. The number of para-hydroxylation sites is 1. The maximum atomic E-state index is 13.6. The average Bonchev–Trinajstić information content (AvgIpc) is 3.23. The molecule has 1 aliphatic carbocycles.